The van der Waals surface area contributed by atoms with Crippen LogP contribution in [0.25, 0.3) is 11.4 Å². The summed E-state index contributed by atoms with van der Waals surface area (Å²) in [5, 5.41) is 3.90. The van der Waals surface area contributed by atoms with Crippen LogP contribution in [0.1, 0.15) is 37.1 Å². The fourth-order valence-corrected chi connectivity index (χ4v) is 1.83. The topological polar surface area (TPSA) is 64.9 Å². The summed E-state index contributed by atoms with van der Waals surface area (Å²) in [7, 11) is 0. The van der Waals surface area contributed by atoms with E-state index < -0.39 is 0 Å². The van der Waals surface area contributed by atoms with E-state index >= 15 is 0 Å². The Labute approximate surface area is 111 Å². The lowest BCUT2D eigenvalue weighted by Crippen LogP contribution is -2.02. The Morgan fingerprint density at radius 1 is 1.42 bits per heavy atom. The average Bonchev–Trinajstić information content (AvgIpc) is 2.89. The zero-order valence-corrected chi connectivity index (χ0v) is 11.2. The van der Waals surface area contributed by atoms with Crippen molar-refractivity contribution in [2.45, 2.75) is 32.6 Å². The van der Waals surface area contributed by atoms with Gasteiger partial charge in [0.15, 0.2) is 0 Å². The molecule has 102 valence electrons. The van der Waals surface area contributed by atoms with E-state index in [2.05, 4.69) is 10.1 Å². The molecular weight excluding hydrogens is 245 g/mol. The number of benzene rings is 1. The van der Waals surface area contributed by atoms with E-state index in [1.165, 1.54) is 6.07 Å². The summed E-state index contributed by atoms with van der Waals surface area (Å²) in [5.41, 5.74) is 6.70. The number of halogens is 1. The van der Waals surface area contributed by atoms with Crippen molar-refractivity contribution in [1.29, 1.82) is 0 Å². The first-order valence-electron chi connectivity index (χ1n) is 6.42. The Hall–Kier alpha value is -1.75. The lowest BCUT2D eigenvalue weighted by molar-refractivity contribution is 0.352. The Balaban J connectivity index is 2.18. The highest BCUT2D eigenvalue weighted by atomic mass is 19.1. The van der Waals surface area contributed by atoms with E-state index in [0.29, 0.717) is 29.4 Å². The van der Waals surface area contributed by atoms with Crippen LogP contribution in [0.3, 0.4) is 0 Å². The minimum Gasteiger partial charge on any atom is -0.339 e. The minimum atomic E-state index is -0.264. The Morgan fingerprint density at radius 2 is 2.21 bits per heavy atom. The quantitative estimate of drug-likeness (QED) is 0.900. The molecule has 0 radical (unpaired) electrons. The fourth-order valence-electron chi connectivity index (χ4n) is 1.83. The number of aryl methyl sites for hydroxylation is 1. The molecule has 2 N–H and O–H groups in total. The molecule has 2 rings (SSSR count). The summed E-state index contributed by atoms with van der Waals surface area (Å²) in [6.45, 7) is 4.38. The van der Waals surface area contributed by atoms with Gasteiger partial charge in [-0.25, -0.2) is 4.39 Å². The van der Waals surface area contributed by atoms with Crippen LogP contribution in [0.15, 0.2) is 22.7 Å². The van der Waals surface area contributed by atoms with E-state index in [4.69, 9.17) is 10.3 Å². The SMILES string of the molecule is Cc1ccc(-c2noc(C(C)CCCN)n2)cc1F. The van der Waals surface area contributed by atoms with Gasteiger partial charge in [0.05, 0.1) is 0 Å². The van der Waals surface area contributed by atoms with E-state index in [9.17, 15) is 4.39 Å². The predicted molar refractivity (Wildman–Crippen MR) is 71.1 cm³/mol. The molecule has 19 heavy (non-hydrogen) atoms. The van der Waals surface area contributed by atoms with Gasteiger partial charge in [0.25, 0.3) is 0 Å². The standard InChI is InChI=1S/C14H18FN3O/c1-9-5-6-11(8-12(9)15)13-17-14(19-18-13)10(2)4-3-7-16/h5-6,8,10H,3-4,7,16H2,1-2H3. The molecule has 0 aliphatic heterocycles. The van der Waals surface area contributed by atoms with Crippen LogP contribution in [0, 0.1) is 12.7 Å². The Morgan fingerprint density at radius 3 is 2.89 bits per heavy atom. The van der Waals surface area contributed by atoms with Gasteiger partial charge in [-0.15, -0.1) is 0 Å². The van der Waals surface area contributed by atoms with Crippen LogP contribution in [0.5, 0.6) is 0 Å². The van der Waals surface area contributed by atoms with Gasteiger partial charge in [-0.2, -0.15) is 4.98 Å². The van der Waals surface area contributed by atoms with Crippen molar-refractivity contribution < 1.29 is 8.91 Å². The molecule has 0 fully saturated rings. The van der Waals surface area contributed by atoms with E-state index in [1.54, 1.807) is 19.1 Å². The third-order valence-corrected chi connectivity index (χ3v) is 3.13. The van der Waals surface area contributed by atoms with Gasteiger partial charge in [0.1, 0.15) is 5.82 Å². The zero-order chi connectivity index (χ0) is 13.8. The molecule has 1 heterocycles. The second-order valence-electron chi connectivity index (χ2n) is 4.75. The Kier molecular flexibility index (Phi) is 4.27. The largest absolute Gasteiger partial charge is 0.339 e. The Bertz CT molecular complexity index is 553. The van der Waals surface area contributed by atoms with Crippen molar-refractivity contribution in [2.75, 3.05) is 6.54 Å². The molecule has 0 saturated carbocycles. The molecule has 0 amide bonds. The second-order valence-corrected chi connectivity index (χ2v) is 4.75. The number of hydrogen-bond acceptors (Lipinski definition) is 4. The van der Waals surface area contributed by atoms with Crippen LogP contribution in [-0.4, -0.2) is 16.7 Å². The highest BCUT2D eigenvalue weighted by molar-refractivity contribution is 5.54. The molecule has 0 bridgehead atoms. The molecule has 0 aliphatic carbocycles. The summed E-state index contributed by atoms with van der Waals surface area (Å²) in [6, 6.07) is 4.92. The van der Waals surface area contributed by atoms with Crippen LogP contribution in [0.2, 0.25) is 0 Å². The normalized spacial score (nSPS) is 12.6. The van der Waals surface area contributed by atoms with Gasteiger partial charge in [0, 0.05) is 11.5 Å². The van der Waals surface area contributed by atoms with E-state index in [1.807, 2.05) is 6.92 Å². The van der Waals surface area contributed by atoms with Crippen LogP contribution >= 0.6 is 0 Å². The minimum absolute atomic E-state index is 0.167. The van der Waals surface area contributed by atoms with Crippen molar-refractivity contribution in [3.63, 3.8) is 0 Å². The van der Waals surface area contributed by atoms with Gasteiger partial charge in [-0.3, -0.25) is 0 Å². The second kappa shape index (κ2) is 5.93. The maximum absolute atomic E-state index is 13.5. The predicted octanol–water partition coefficient (Wildman–Crippen LogP) is 3.03. The fraction of sp³-hybridized carbons (Fsp3) is 0.429. The average molecular weight is 263 g/mol. The number of nitrogens with two attached hydrogens (primary N) is 1. The van der Waals surface area contributed by atoms with Crippen molar-refractivity contribution in [3.05, 3.63) is 35.5 Å². The first kappa shape index (κ1) is 13.7. The molecule has 0 saturated heterocycles. The first-order valence-corrected chi connectivity index (χ1v) is 6.42. The van der Waals surface area contributed by atoms with Crippen molar-refractivity contribution >= 4 is 0 Å². The number of nitrogens with zero attached hydrogens (tertiary/aromatic N) is 2. The summed E-state index contributed by atoms with van der Waals surface area (Å²) in [6.07, 6.45) is 1.82. The molecule has 1 aromatic carbocycles. The summed E-state index contributed by atoms with van der Waals surface area (Å²) >= 11 is 0. The summed E-state index contributed by atoms with van der Waals surface area (Å²) < 4.78 is 18.7. The van der Waals surface area contributed by atoms with Gasteiger partial charge in [-0.05, 0) is 37.9 Å². The summed E-state index contributed by atoms with van der Waals surface area (Å²) in [4.78, 5) is 4.32. The van der Waals surface area contributed by atoms with Gasteiger partial charge in [-0.1, -0.05) is 24.2 Å². The van der Waals surface area contributed by atoms with E-state index in [-0.39, 0.29) is 11.7 Å². The van der Waals surface area contributed by atoms with Crippen molar-refractivity contribution in [3.8, 4) is 11.4 Å². The lowest BCUT2D eigenvalue weighted by Gasteiger charge is -2.03. The molecule has 0 spiro atoms. The van der Waals surface area contributed by atoms with Crippen LogP contribution in [-0.2, 0) is 0 Å². The molecule has 0 aliphatic rings. The lowest BCUT2D eigenvalue weighted by atomic mass is 10.1. The summed E-state index contributed by atoms with van der Waals surface area (Å²) in [5.74, 6) is 0.901. The molecule has 5 heteroatoms. The monoisotopic (exact) mass is 263 g/mol. The van der Waals surface area contributed by atoms with Gasteiger partial charge < -0.3 is 10.3 Å². The molecular formula is C14H18FN3O. The number of hydrogen-bond donors (Lipinski definition) is 1. The molecule has 2 aromatic rings. The maximum Gasteiger partial charge on any atom is 0.229 e. The highest BCUT2D eigenvalue weighted by Crippen LogP contribution is 2.23. The van der Waals surface area contributed by atoms with E-state index in [0.717, 1.165) is 12.8 Å². The first-order chi connectivity index (χ1) is 9.11. The number of aromatic nitrogens is 2. The molecule has 1 unspecified atom stereocenters. The highest BCUT2D eigenvalue weighted by Gasteiger charge is 2.15. The van der Waals surface area contributed by atoms with Crippen LogP contribution in [0.4, 0.5) is 4.39 Å². The third kappa shape index (κ3) is 3.17. The zero-order valence-electron chi connectivity index (χ0n) is 11.2. The van der Waals surface area contributed by atoms with Crippen LogP contribution < -0.4 is 5.73 Å². The van der Waals surface area contributed by atoms with Crippen molar-refractivity contribution in [2.24, 2.45) is 5.73 Å². The van der Waals surface area contributed by atoms with Gasteiger partial charge >= 0.3 is 0 Å². The molecule has 1 atom stereocenters. The van der Waals surface area contributed by atoms with Crippen molar-refractivity contribution in [1.82, 2.24) is 10.1 Å². The maximum atomic E-state index is 13.5. The third-order valence-electron chi connectivity index (χ3n) is 3.13. The van der Waals surface area contributed by atoms with Gasteiger partial charge in [0.2, 0.25) is 11.7 Å². The number of rotatable bonds is 5. The smallest absolute Gasteiger partial charge is 0.229 e. The molecule has 1 aromatic heterocycles. The molecule has 4 nitrogen and oxygen atoms in total.